The Kier molecular flexibility index (Phi) is 13.7. The summed E-state index contributed by atoms with van der Waals surface area (Å²) in [6.07, 6.45) is -12.9. The minimum Gasteiger partial charge on any atom is -0.507 e. The van der Waals surface area contributed by atoms with E-state index in [1.807, 2.05) is 0 Å². The van der Waals surface area contributed by atoms with Crippen molar-refractivity contribution in [2.75, 3.05) is 27.4 Å². The molecule has 0 spiro atoms. The number of aliphatic hydroxyl groups is 4. The van der Waals surface area contributed by atoms with Crippen LogP contribution < -0.4 is 20.9 Å². The smallest absolute Gasteiger partial charge is 0.202 e. The second-order valence-electron chi connectivity index (χ2n) is 20.5. The van der Waals surface area contributed by atoms with E-state index in [2.05, 4.69) is 0 Å². The zero-order valence-corrected chi connectivity index (χ0v) is 41.9. The van der Waals surface area contributed by atoms with E-state index in [9.17, 15) is 69.6 Å². The first kappa shape index (κ1) is 53.6. The second kappa shape index (κ2) is 19.6. The Hall–Kier alpha value is -6.74. The number of carbonyl (C=O) groups excluding carboxylic acids is 6. The number of fused-ring (bicyclic) bond motifs is 6. The summed E-state index contributed by atoms with van der Waals surface area (Å²) < 4.78 is 40.5. The summed E-state index contributed by atoms with van der Waals surface area (Å²) in [5, 5.41) is 93.6. The summed E-state index contributed by atoms with van der Waals surface area (Å²) in [5.74, 6) is -9.07. The quantitative estimate of drug-likeness (QED) is 0.0766. The van der Waals surface area contributed by atoms with E-state index in [0.717, 1.165) is 0 Å². The maximum absolute atomic E-state index is 14.3. The number of Topliss-reactive ketones (excluding diaryl/α,β-unsaturated/α-hetero) is 2. The van der Waals surface area contributed by atoms with Crippen molar-refractivity contribution in [3.05, 3.63) is 103 Å². The molecule has 0 amide bonds. The lowest BCUT2D eigenvalue weighted by molar-refractivity contribution is -0.247. The van der Waals surface area contributed by atoms with Crippen LogP contribution in [0.3, 0.4) is 0 Å². The first-order valence-electron chi connectivity index (χ1n) is 24.8. The van der Waals surface area contributed by atoms with Crippen molar-refractivity contribution in [1.29, 1.82) is 0 Å². The molecule has 4 aliphatic carbocycles. The molecule has 0 bridgehead atoms. The van der Waals surface area contributed by atoms with Crippen molar-refractivity contribution in [2.24, 2.45) is 11.5 Å². The molecule has 10 rings (SSSR count). The van der Waals surface area contributed by atoms with E-state index >= 15 is 0 Å². The van der Waals surface area contributed by atoms with Gasteiger partial charge in [-0.05, 0) is 26.0 Å². The Balaban J connectivity index is 0.951. The lowest BCUT2D eigenvalue weighted by atomic mass is 9.71. The summed E-state index contributed by atoms with van der Waals surface area (Å²) in [5.41, 5.74) is 2.85. The largest absolute Gasteiger partial charge is 0.507 e. The molecule has 4 aromatic carbocycles. The van der Waals surface area contributed by atoms with Crippen LogP contribution in [0.15, 0.2) is 36.4 Å². The first-order chi connectivity index (χ1) is 36.4. The number of ether oxygens (including phenoxy) is 7. The van der Waals surface area contributed by atoms with Crippen LogP contribution in [0, 0.1) is 0 Å². The lowest BCUT2D eigenvalue weighted by Gasteiger charge is -2.42. The van der Waals surface area contributed by atoms with E-state index in [1.54, 1.807) is 0 Å². The summed E-state index contributed by atoms with van der Waals surface area (Å²) in [6.45, 7) is 0.927. The molecule has 23 nitrogen and oxygen atoms in total. The summed E-state index contributed by atoms with van der Waals surface area (Å²) in [6, 6.07) is 6.63. The maximum atomic E-state index is 14.3. The highest BCUT2D eigenvalue weighted by Gasteiger charge is 2.53. The number of ketones is 6. The van der Waals surface area contributed by atoms with Crippen molar-refractivity contribution < 1.29 is 103 Å². The number of aliphatic hydroxyl groups excluding tert-OH is 2. The number of hydrogen-bond donors (Lipinski definition) is 10. The predicted molar refractivity (Wildman–Crippen MR) is 260 cm³/mol. The van der Waals surface area contributed by atoms with Crippen LogP contribution in [0.25, 0.3) is 0 Å². The van der Waals surface area contributed by atoms with Gasteiger partial charge in [0, 0.05) is 84.0 Å². The van der Waals surface area contributed by atoms with E-state index < -0.39 is 191 Å². The molecule has 2 fully saturated rings. The normalized spacial score (nSPS) is 30.3. The van der Waals surface area contributed by atoms with Crippen LogP contribution in [0.1, 0.15) is 138 Å². The number of nitrogens with two attached hydrogens (primary N) is 2. The third kappa shape index (κ3) is 8.57. The monoisotopic (exact) mass is 1070 g/mol. The highest BCUT2D eigenvalue weighted by atomic mass is 16.7. The van der Waals surface area contributed by atoms with Gasteiger partial charge in [0.1, 0.15) is 58.9 Å². The lowest BCUT2D eigenvalue weighted by Crippen LogP contribution is -2.53. The van der Waals surface area contributed by atoms with Crippen LogP contribution in [0.2, 0.25) is 0 Å². The molecule has 2 saturated heterocycles. The van der Waals surface area contributed by atoms with E-state index in [-0.39, 0.29) is 68.8 Å². The fourth-order valence-electron chi connectivity index (χ4n) is 11.7. The number of rotatable bonds is 12. The average Bonchev–Trinajstić information content (AvgIpc) is 3.55. The van der Waals surface area contributed by atoms with Crippen molar-refractivity contribution in [3.63, 3.8) is 0 Å². The number of carbonyl (C=O) groups is 6. The van der Waals surface area contributed by atoms with E-state index in [4.69, 9.17) is 44.6 Å². The maximum Gasteiger partial charge on any atom is 0.202 e. The first-order valence-corrected chi connectivity index (χ1v) is 24.8. The van der Waals surface area contributed by atoms with Crippen molar-refractivity contribution in [2.45, 2.75) is 125 Å². The highest BCUT2D eigenvalue weighted by Crippen LogP contribution is 2.55. The Morgan fingerprint density at radius 2 is 0.948 bits per heavy atom. The average molecular weight is 1070 g/mol. The van der Waals surface area contributed by atoms with Gasteiger partial charge in [0.25, 0.3) is 0 Å². The third-order valence-electron chi connectivity index (χ3n) is 15.8. The zero-order chi connectivity index (χ0) is 55.5. The summed E-state index contributed by atoms with van der Waals surface area (Å²) in [4.78, 5) is 85.2. The Morgan fingerprint density at radius 3 is 1.30 bits per heavy atom. The number of phenolic OH excluding ortho intramolecular Hbond substituents is 4. The molecular weight excluding hydrogens is 1010 g/mol. The van der Waals surface area contributed by atoms with Gasteiger partial charge in [0.2, 0.25) is 11.6 Å². The van der Waals surface area contributed by atoms with Gasteiger partial charge in [-0.2, -0.15) is 0 Å². The van der Waals surface area contributed by atoms with Gasteiger partial charge in [0.15, 0.2) is 35.7 Å². The van der Waals surface area contributed by atoms with E-state index in [1.165, 1.54) is 64.5 Å². The topological polar surface area (TPSA) is 381 Å². The molecule has 12 N–H and O–H groups in total. The van der Waals surface area contributed by atoms with Gasteiger partial charge in [-0.3, -0.25) is 28.8 Å². The summed E-state index contributed by atoms with van der Waals surface area (Å²) in [7, 11) is 2.55. The standard InChI is InChI=1S/C54H56N2O21/c1-19-43(59)25(55)11-33(74-19)76-29-15-53(69,13-23-37(29)51(67)41-39(47(23)63)45(61)21-7-5-9-27(71-3)35(21)49(41)65)31(57)17-73-18-32(58)54(70)14-24-38(30(16-54)77-34-12-26(56)44(60)20(2)75-34)52(68)42-40(48(24)64)46(62)22-8-6-10-28(72-4)36(22)50(42)66/h5-10,19-20,25-26,29-30,33-34,43-44,59-60,63-64,67-70H,11-18,55-56H2,1-4H3/t19?,20?,25-,26+,29+,30-,33+,34-,43-,44+,53+,54-. The molecule has 77 heavy (non-hydrogen) atoms. The molecule has 2 heterocycles. The third-order valence-corrected chi connectivity index (χ3v) is 15.8. The van der Waals surface area contributed by atoms with Gasteiger partial charge in [-0.1, -0.05) is 24.3 Å². The molecule has 0 saturated carbocycles. The fraction of sp³-hybridized carbons (Fsp3) is 0.444. The number of aromatic hydroxyl groups is 4. The molecule has 0 aromatic heterocycles. The van der Waals surface area contributed by atoms with Crippen LogP contribution in [0.5, 0.6) is 34.5 Å². The van der Waals surface area contributed by atoms with Crippen LogP contribution in [-0.4, -0.2) is 163 Å². The van der Waals surface area contributed by atoms with E-state index in [0.29, 0.717) is 0 Å². The van der Waals surface area contributed by atoms with Crippen molar-refractivity contribution in [3.8, 4) is 34.5 Å². The Morgan fingerprint density at radius 1 is 0.584 bits per heavy atom. The van der Waals surface area contributed by atoms with Crippen LogP contribution >= 0.6 is 0 Å². The molecular formula is C54H56N2O21. The Labute approximate surface area is 437 Å². The number of methoxy groups -OCH3 is 2. The minimum atomic E-state index is -2.58. The number of hydrogen-bond acceptors (Lipinski definition) is 23. The SMILES string of the molecule is COc1cccc2c1C(=O)c1c(O)c3c(c(O)c1C2=O)C[C@@](O)(C(=O)COCC(=O)[C@@]1(O)Cc2c(O)c4c(c(O)c2[C@H](O[C@@H]2C[C@H](N)[C@@H](O)C(C)O2)C1)C(=O)c1c(OC)cccc1C4=O)C[C@@H]3O[C@H]1C[C@@H](N)[C@H](O)C(C)O1. The molecule has 12 atom stereocenters. The van der Waals surface area contributed by atoms with Gasteiger partial charge in [-0.25, -0.2) is 0 Å². The van der Waals surface area contributed by atoms with Crippen LogP contribution in [0.4, 0.5) is 0 Å². The molecule has 2 unspecified atom stereocenters. The predicted octanol–water partition coefficient (Wildman–Crippen LogP) is 1.05. The molecule has 6 aliphatic rings. The molecule has 23 heteroatoms. The molecule has 4 aromatic rings. The number of phenols is 4. The van der Waals surface area contributed by atoms with Gasteiger partial charge in [0.05, 0.1) is 84.2 Å². The second-order valence-corrected chi connectivity index (χ2v) is 20.5. The molecule has 408 valence electrons. The van der Waals surface area contributed by atoms with Crippen molar-refractivity contribution >= 4 is 34.7 Å². The van der Waals surface area contributed by atoms with Crippen molar-refractivity contribution in [1.82, 2.24) is 0 Å². The zero-order valence-electron chi connectivity index (χ0n) is 41.9. The van der Waals surface area contributed by atoms with Gasteiger partial charge >= 0.3 is 0 Å². The molecule has 2 aliphatic heterocycles. The van der Waals surface area contributed by atoms with Gasteiger partial charge < -0.3 is 85.5 Å². The highest BCUT2D eigenvalue weighted by molar-refractivity contribution is 6.32. The summed E-state index contributed by atoms with van der Waals surface area (Å²) >= 11 is 0. The van der Waals surface area contributed by atoms with Crippen LogP contribution in [-0.2, 0) is 46.1 Å². The fourth-order valence-corrected chi connectivity index (χ4v) is 11.7. The number of benzene rings is 4. The van der Waals surface area contributed by atoms with Gasteiger partial charge in [-0.15, -0.1) is 0 Å². The Bertz CT molecular complexity index is 2980. The molecule has 0 radical (unpaired) electrons. The minimum absolute atomic E-state index is 0.00817.